The first-order valence-electron chi connectivity index (χ1n) is 9.86. The molecule has 9 heteroatoms. The fourth-order valence-electron chi connectivity index (χ4n) is 2.82. The number of ether oxygens (including phenoxy) is 1. The van der Waals surface area contributed by atoms with Gasteiger partial charge in [-0.3, -0.25) is 0 Å². The van der Waals surface area contributed by atoms with Gasteiger partial charge in [0, 0.05) is 24.5 Å². The minimum atomic E-state index is -0.276. The lowest BCUT2D eigenvalue weighted by atomic mass is 10.2. The van der Waals surface area contributed by atoms with Gasteiger partial charge >= 0.3 is 6.03 Å². The van der Waals surface area contributed by atoms with Gasteiger partial charge in [-0.25, -0.2) is 9.48 Å². The summed E-state index contributed by atoms with van der Waals surface area (Å²) in [5.41, 5.74) is 3.87. The first-order valence-corrected chi connectivity index (χ1v) is 9.86. The Morgan fingerprint density at radius 3 is 2.40 bits per heavy atom. The van der Waals surface area contributed by atoms with E-state index >= 15 is 0 Å². The van der Waals surface area contributed by atoms with Gasteiger partial charge in [0.25, 0.3) is 0 Å². The minimum Gasteiger partial charge on any atom is -0.494 e. The number of aryl methyl sites for hydroxylation is 1. The van der Waals surface area contributed by atoms with Crippen molar-refractivity contribution in [3.05, 3.63) is 53.3 Å². The van der Waals surface area contributed by atoms with Crippen LogP contribution in [-0.2, 0) is 0 Å². The second kappa shape index (κ2) is 9.73. The molecule has 2 aromatic heterocycles. The maximum absolute atomic E-state index is 12.0. The number of hydrogen-bond acceptors (Lipinski definition) is 6. The zero-order chi connectivity index (χ0) is 21.5. The van der Waals surface area contributed by atoms with Crippen molar-refractivity contribution < 1.29 is 9.53 Å². The highest BCUT2D eigenvalue weighted by atomic mass is 16.5. The molecular formula is C21H27N7O2. The van der Waals surface area contributed by atoms with Crippen molar-refractivity contribution in [1.29, 1.82) is 0 Å². The SMILES string of the molecule is CCOc1ccc(NC(=O)NCCNc2ccc(-n3nc(C)c(C)c3C)nn2)cc1. The maximum atomic E-state index is 12.0. The molecule has 2 amide bonds. The van der Waals surface area contributed by atoms with E-state index in [1.807, 2.05) is 52.0 Å². The summed E-state index contributed by atoms with van der Waals surface area (Å²) in [5, 5.41) is 21.6. The quantitative estimate of drug-likeness (QED) is 0.493. The van der Waals surface area contributed by atoms with E-state index in [-0.39, 0.29) is 6.03 Å². The molecule has 0 radical (unpaired) electrons. The summed E-state index contributed by atoms with van der Waals surface area (Å²) in [6.07, 6.45) is 0. The van der Waals surface area contributed by atoms with Gasteiger partial charge in [0.15, 0.2) is 5.82 Å². The third-order valence-corrected chi connectivity index (χ3v) is 4.66. The minimum absolute atomic E-state index is 0.276. The molecule has 0 aliphatic heterocycles. The van der Waals surface area contributed by atoms with Gasteiger partial charge in [-0.1, -0.05) is 0 Å². The third kappa shape index (κ3) is 5.25. The van der Waals surface area contributed by atoms with Crippen LogP contribution in [0.1, 0.15) is 23.9 Å². The Balaban J connectivity index is 1.42. The predicted octanol–water partition coefficient (Wildman–Crippen LogP) is 3.22. The monoisotopic (exact) mass is 409 g/mol. The molecular weight excluding hydrogens is 382 g/mol. The molecule has 3 rings (SSSR count). The summed E-state index contributed by atoms with van der Waals surface area (Å²) < 4.78 is 7.17. The second-order valence-electron chi connectivity index (χ2n) is 6.75. The number of carbonyl (C=O) groups excluding carboxylic acids is 1. The highest BCUT2D eigenvalue weighted by Crippen LogP contribution is 2.16. The highest BCUT2D eigenvalue weighted by molar-refractivity contribution is 5.89. The Kier molecular flexibility index (Phi) is 6.84. The topological polar surface area (TPSA) is 106 Å². The Labute approximate surface area is 175 Å². The fourth-order valence-corrected chi connectivity index (χ4v) is 2.82. The Morgan fingerprint density at radius 2 is 1.80 bits per heavy atom. The summed E-state index contributed by atoms with van der Waals surface area (Å²) in [7, 11) is 0. The number of benzene rings is 1. The van der Waals surface area contributed by atoms with Crippen LogP contribution in [0.3, 0.4) is 0 Å². The van der Waals surface area contributed by atoms with E-state index in [9.17, 15) is 4.79 Å². The molecule has 1 aromatic carbocycles. The van der Waals surface area contributed by atoms with Crippen molar-refractivity contribution in [3.63, 3.8) is 0 Å². The summed E-state index contributed by atoms with van der Waals surface area (Å²) in [5.74, 6) is 2.07. The van der Waals surface area contributed by atoms with Crippen LogP contribution in [0.2, 0.25) is 0 Å². The van der Waals surface area contributed by atoms with Gasteiger partial charge in [-0.05, 0) is 69.7 Å². The van der Waals surface area contributed by atoms with Crippen LogP contribution >= 0.6 is 0 Å². The van der Waals surface area contributed by atoms with E-state index in [0.29, 0.717) is 37.0 Å². The van der Waals surface area contributed by atoms with Crippen molar-refractivity contribution >= 4 is 17.5 Å². The Bertz CT molecular complexity index is 982. The number of hydrogen-bond donors (Lipinski definition) is 3. The van der Waals surface area contributed by atoms with Gasteiger partial charge < -0.3 is 20.7 Å². The highest BCUT2D eigenvalue weighted by Gasteiger charge is 2.10. The molecule has 0 aliphatic rings. The van der Waals surface area contributed by atoms with Gasteiger partial charge in [-0.15, -0.1) is 10.2 Å². The van der Waals surface area contributed by atoms with E-state index < -0.39 is 0 Å². The van der Waals surface area contributed by atoms with Crippen LogP contribution in [0.4, 0.5) is 16.3 Å². The molecule has 0 saturated heterocycles. The molecule has 3 aromatic rings. The van der Waals surface area contributed by atoms with Gasteiger partial charge in [-0.2, -0.15) is 5.10 Å². The van der Waals surface area contributed by atoms with E-state index in [4.69, 9.17) is 4.74 Å². The van der Waals surface area contributed by atoms with Gasteiger partial charge in [0.2, 0.25) is 0 Å². The van der Waals surface area contributed by atoms with Crippen molar-refractivity contribution in [2.45, 2.75) is 27.7 Å². The smallest absolute Gasteiger partial charge is 0.319 e. The number of rotatable bonds is 8. The first-order chi connectivity index (χ1) is 14.5. The van der Waals surface area contributed by atoms with Crippen LogP contribution < -0.4 is 20.7 Å². The predicted molar refractivity (Wildman–Crippen MR) is 116 cm³/mol. The molecule has 0 fully saturated rings. The summed E-state index contributed by atoms with van der Waals surface area (Å²) in [6, 6.07) is 10.7. The zero-order valence-corrected chi connectivity index (χ0v) is 17.7. The molecule has 30 heavy (non-hydrogen) atoms. The normalized spacial score (nSPS) is 10.5. The largest absolute Gasteiger partial charge is 0.494 e. The number of amides is 2. The number of anilines is 2. The Hall–Kier alpha value is -3.62. The van der Waals surface area contributed by atoms with E-state index in [2.05, 4.69) is 31.2 Å². The summed E-state index contributed by atoms with van der Waals surface area (Å²) in [6.45, 7) is 9.50. The number of carbonyl (C=O) groups is 1. The van der Waals surface area contributed by atoms with Crippen molar-refractivity contribution in [2.75, 3.05) is 30.3 Å². The van der Waals surface area contributed by atoms with Crippen LogP contribution in [0, 0.1) is 20.8 Å². The van der Waals surface area contributed by atoms with E-state index in [0.717, 1.165) is 22.7 Å². The molecule has 0 unspecified atom stereocenters. The molecule has 2 heterocycles. The number of urea groups is 1. The van der Waals surface area contributed by atoms with Gasteiger partial charge in [0.1, 0.15) is 11.6 Å². The lowest BCUT2D eigenvalue weighted by Crippen LogP contribution is -2.32. The summed E-state index contributed by atoms with van der Waals surface area (Å²) in [4.78, 5) is 12.0. The Morgan fingerprint density at radius 1 is 1.03 bits per heavy atom. The number of nitrogens with one attached hydrogen (secondary N) is 3. The van der Waals surface area contributed by atoms with Crippen molar-refractivity contribution in [2.24, 2.45) is 0 Å². The van der Waals surface area contributed by atoms with Crippen LogP contribution in [0.15, 0.2) is 36.4 Å². The maximum Gasteiger partial charge on any atom is 0.319 e. The molecule has 3 N–H and O–H groups in total. The average molecular weight is 409 g/mol. The van der Waals surface area contributed by atoms with E-state index in [1.54, 1.807) is 16.8 Å². The average Bonchev–Trinajstić information content (AvgIpc) is 3.00. The molecule has 9 nitrogen and oxygen atoms in total. The molecule has 0 saturated carbocycles. The second-order valence-corrected chi connectivity index (χ2v) is 6.75. The van der Waals surface area contributed by atoms with Gasteiger partial charge in [0.05, 0.1) is 12.3 Å². The van der Waals surface area contributed by atoms with Crippen LogP contribution in [-0.4, -0.2) is 45.7 Å². The van der Waals surface area contributed by atoms with Crippen LogP contribution in [0.25, 0.3) is 5.82 Å². The molecule has 158 valence electrons. The lowest BCUT2D eigenvalue weighted by molar-refractivity contribution is 0.252. The lowest BCUT2D eigenvalue weighted by Gasteiger charge is -2.10. The fraction of sp³-hybridized carbons (Fsp3) is 0.333. The molecule has 0 bridgehead atoms. The van der Waals surface area contributed by atoms with Crippen molar-refractivity contribution in [3.8, 4) is 11.6 Å². The molecule has 0 spiro atoms. The van der Waals surface area contributed by atoms with Crippen LogP contribution in [0.5, 0.6) is 5.75 Å². The molecule has 0 aliphatic carbocycles. The van der Waals surface area contributed by atoms with E-state index in [1.165, 1.54) is 0 Å². The van der Waals surface area contributed by atoms with Crippen molar-refractivity contribution in [1.82, 2.24) is 25.3 Å². The standard InChI is InChI=1S/C21H27N7O2/c1-5-30-18-8-6-17(7-9-18)24-21(29)23-13-12-22-19-10-11-20(26-25-19)28-16(4)14(2)15(3)27-28/h6-11H,5,12-13H2,1-4H3,(H,22,25)(H2,23,24,29). The zero-order valence-electron chi connectivity index (χ0n) is 17.7. The number of aromatic nitrogens is 4. The molecule has 0 atom stereocenters. The number of nitrogens with zero attached hydrogens (tertiary/aromatic N) is 4. The third-order valence-electron chi connectivity index (χ3n) is 4.66. The summed E-state index contributed by atoms with van der Waals surface area (Å²) >= 11 is 0. The first kappa shape index (κ1) is 21.1.